The number of nitrogens with zero attached hydrogens (tertiary/aromatic N) is 2. The maximum atomic E-state index is 6.08. The van der Waals surface area contributed by atoms with E-state index in [0.717, 1.165) is 13.6 Å². The quantitative estimate of drug-likeness (QED) is 0.729. The van der Waals surface area contributed by atoms with E-state index < -0.39 is 0 Å². The molecule has 0 atom stereocenters. The summed E-state index contributed by atoms with van der Waals surface area (Å²) in [6.07, 6.45) is 1.68. The predicted octanol–water partition coefficient (Wildman–Crippen LogP) is 3.75. The van der Waals surface area contributed by atoms with Crippen LogP contribution in [0.15, 0.2) is 28.9 Å². The fourth-order valence-corrected chi connectivity index (χ4v) is 2.00. The minimum Gasteiger partial charge on any atom is -0.383 e. The highest BCUT2D eigenvalue weighted by molar-refractivity contribution is 14.1. The molecule has 0 radical (unpaired) electrons. The molecule has 0 aliphatic rings. The van der Waals surface area contributed by atoms with Gasteiger partial charge < -0.3 is 5.73 Å². The van der Waals surface area contributed by atoms with Crippen LogP contribution in [0, 0.1) is 3.57 Å². The van der Waals surface area contributed by atoms with Crippen LogP contribution in [-0.4, -0.2) is 9.97 Å². The van der Waals surface area contributed by atoms with E-state index in [1.807, 2.05) is 12.1 Å². The third-order valence-electron chi connectivity index (χ3n) is 1.94. The van der Waals surface area contributed by atoms with Crippen molar-refractivity contribution >= 4 is 55.9 Å². The zero-order valence-electron chi connectivity index (χ0n) is 7.92. The van der Waals surface area contributed by atoms with E-state index in [-0.39, 0.29) is 0 Å². The summed E-state index contributed by atoms with van der Waals surface area (Å²) < 4.78 is 1.75. The minimum atomic E-state index is 0.460. The second-order valence-corrected chi connectivity index (χ2v) is 5.54. The highest BCUT2D eigenvalue weighted by Crippen LogP contribution is 2.29. The van der Waals surface area contributed by atoms with E-state index >= 15 is 0 Å². The molecule has 2 aromatic rings. The molecule has 1 heterocycles. The van der Waals surface area contributed by atoms with Gasteiger partial charge in [0.15, 0.2) is 5.82 Å². The van der Waals surface area contributed by atoms with Crippen molar-refractivity contribution in [3.63, 3.8) is 0 Å². The number of hydrogen-bond acceptors (Lipinski definition) is 3. The molecule has 0 amide bonds. The smallest absolute Gasteiger partial charge is 0.163 e. The van der Waals surface area contributed by atoms with Crippen LogP contribution in [0.5, 0.6) is 0 Å². The van der Waals surface area contributed by atoms with E-state index in [4.69, 9.17) is 17.3 Å². The van der Waals surface area contributed by atoms with Crippen molar-refractivity contribution in [1.82, 2.24) is 9.97 Å². The molecule has 0 spiro atoms. The number of benzene rings is 1. The first-order chi connectivity index (χ1) is 7.58. The molecule has 82 valence electrons. The van der Waals surface area contributed by atoms with Crippen molar-refractivity contribution in [3.05, 3.63) is 37.5 Å². The normalized spacial score (nSPS) is 10.4. The van der Waals surface area contributed by atoms with Crippen LogP contribution in [0.4, 0.5) is 5.82 Å². The molecule has 0 saturated heterocycles. The Morgan fingerprint density at radius 3 is 2.81 bits per heavy atom. The summed E-state index contributed by atoms with van der Waals surface area (Å²) in [6, 6.07) is 5.52. The second kappa shape index (κ2) is 4.85. The number of aromatic nitrogens is 2. The summed E-state index contributed by atoms with van der Waals surface area (Å²) >= 11 is 11.5. The summed E-state index contributed by atoms with van der Waals surface area (Å²) in [6.45, 7) is 0. The highest BCUT2D eigenvalue weighted by Gasteiger charge is 2.08. The van der Waals surface area contributed by atoms with Gasteiger partial charge in [-0.3, -0.25) is 0 Å². The monoisotopic (exact) mass is 409 g/mol. The largest absolute Gasteiger partial charge is 0.383 e. The summed E-state index contributed by atoms with van der Waals surface area (Å²) in [5.74, 6) is 0.992. The van der Waals surface area contributed by atoms with Gasteiger partial charge in [0.25, 0.3) is 0 Å². The molecule has 0 aliphatic carbocycles. The molecule has 2 N–H and O–H groups in total. The van der Waals surface area contributed by atoms with E-state index in [1.54, 1.807) is 12.3 Å². The zero-order chi connectivity index (χ0) is 11.7. The van der Waals surface area contributed by atoms with Gasteiger partial charge in [0, 0.05) is 16.2 Å². The topological polar surface area (TPSA) is 51.8 Å². The average molecular weight is 410 g/mol. The summed E-state index contributed by atoms with van der Waals surface area (Å²) in [4.78, 5) is 8.41. The van der Waals surface area contributed by atoms with Gasteiger partial charge in [-0.25, -0.2) is 9.97 Å². The van der Waals surface area contributed by atoms with Crippen molar-refractivity contribution in [2.75, 3.05) is 5.73 Å². The maximum Gasteiger partial charge on any atom is 0.163 e. The maximum absolute atomic E-state index is 6.08. The van der Waals surface area contributed by atoms with Gasteiger partial charge in [0.1, 0.15) is 5.82 Å². The second-order valence-electron chi connectivity index (χ2n) is 3.05. The van der Waals surface area contributed by atoms with Crippen LogP contribution in [-0.2, 0) is 0 Å². The number of halogens is 3. The fourth-order valence-electron chi connectivity index (χ4n) is 1.18. The van der Waals surface area contributed by atoms with Gasteiger partial charge in [-0.1, -0.05) is 27.5 Å². The molecule has 0 fully saturated rings. The standard InChI is InChI=1S/C10H6BrClIN3/c11-5-1-2-7(12)6(3-5)10-15-4-8(13)9(14)16-10/h1-4H,(H2,14,15,16). The number of anilines is 1. The van der Waals surface area contributed by atoms with Gasteiger partial charge in [-0.15, -0.1) is 0 Å². The predicted molar refractivity (Wildman–Crippen MR) is 77.3 cm³/mol. The van der Waals surface area contributed by atoms with Gasteiger partial charge in [-0.2, -0.15) is 0 Å². The molecule has 0 aliphatic heterocycles. The Morgan fingerprint density at radius 1 is 1.38 bits per heavy atom. The van der Waals surface area contributed by atoms with Crippen molar-refractivity contribution in [2.45, 2.75) is 0 Å². The van der Waals surface area contributed by atoms with E-state index in [2.05, 4.69) is 48.5 Å². The lowest BCUT2D eigenvalue weighted by atomic mass is 10.2. The van der Waals surface area contributed by atoms with Crippen LogP contribution in [0.25, 0.3) is 11.4 Å². The molecule has 6 heteroatoms. The zero-order valence-corrected chi connectivity index (χ0v) is 12.4. The molecule has 0 saturated carbocycles. The first-order valence-electron chi connectivity index (χ1n) is 4.31. The Labute approximate surface area is 120 Å². The SMILES string of the molecule is Nc1nc(-c2cc(Br)ccc2Cl)ncc1I. The average Bonchev–Trinajstić information content (AvgIpc) is 2.26. The van der Waals surface area contributed by atoms with Crippen molar-refractivity contribution < 1.29 is 0 Å². The van der Waals surface area contributed by atoms with Crippen LogP contribution >= 0.6 is 50.1 Å². The number of rotatable bonds is 1. The first kappa shape index (κ1) is 12.1. The lowest BCUT2D eigenvalue weighted by molar-refractivity contribution is 1.17. The van der Waals surface area contributed by atoms with Crippen molar-refractivity contribution in [2.24, 2.45) is 0 Å². The lowest BCUT2D eigenvalue weighted by Crippen LogP contribution is -1.98. The minimum absolute atomic E-state index is 0.460. The third-order valence-corrected chi connectivity index (χ3v) is 3.59. The van der Waals surface area contributed by atoms with Crippen LogP contribution in [0.3, 0.4) is 0 Å². The Balaban J connectivity index is 2.58. The molecular weight excluding hydrogens is 404 g/mol. The highest BCUT2D eigenvalue weighted by atomic mass is 127. The number of nitrogens with two attached hydrogens (primary N) is 1. The molecule has 16 heavy (non-hydrogen) atoms. The summed E-state index contributed by atoms with van der Waals surface area (Å²) in [5.41, 5.74) is 6.50. The first-order valence-corrected chi connectivity index (χ1v) is 6.56. The Bertz CT molecular complexity index is 548. The van der Waals surface area contributed by atoms with Gasteiger partial charge in [0.05, 0.1) is 8.59 Å². The molecule has 2 rings (SSSR count). The summed E-state index contributed by atoms with van der Waals surface area (Å²) in [7, 11) is 0. The van der Waals surface area contributed by atoms with E-state index in [0.29, 0.717) is 16.7 Å². The lowest BCUT2D eigenvalue weighted by Gasteiger charge is -2.05. The van der Waals surface area contributed by atoms with Crippen molar-refractivity contribution in [1.29, 1.82) is 0 Å². The molecule has 0 bridgehead atoms. The molecule has 1 aromatic heterocycles. The molecule has 1 aromatic carbocycles. The third kappa shape index (κ3) is 2.46. The van der Waals surface area contributed by atoms with Crippen LogP contribution < -0.4 is 5.73 Å². The van der Waals surface area contributed by atoms with Gasteiger partial charge in [0.2, 0.25) is 0 Å². The molecule has 3 nitrogen and oxygen atoms in total. The van der Waals surface area contributed by atoms with Crippen LogP contribution in [0.1, 0.15) is 0 Å². The number of nitrogen functional groups attached to an aromatic ring is 1. The Hall–Kier alpha value is -0.400. The fraction of sp³-hybridized carbons (Fsp3) is 0. The number of hydrogen-bond donors (Lipinski definition) is 1. The summed E-state index contributed by atoms with van der Waals surface area (Å²) in [5, 5.41) is 0.601. The molecular formula is C10H6BrClIN3. The molecule has 0 unspecified atom stereocenters. The van der Waals surface area contributed by atoms with Gasteiger partial charge in [-0.05, 0) is 40.8 Å². The van der Waals surface area contributed by atoms with Crippen LogP contribution in [0.2, 0.25) is 5.02 Å². The van der Waals surface area contributed by atoms with E-state index in [9.17, 15) is 0 Å². The van der Waals surface area contributed by atoms with Crippen molar-refractivity contribution in [3.8, 4) is 11.4 Å². The Kier molecular flexibility index (Phi) is 3.66. The van der Waals surface area contributed by atoms with Gasteiger partial charge >= 0.3 is 0 Å². The van der Waals surface area contributed by atoms with E-state index in [1.165, 1.54) is 0 Å². The Morgan fingerprint density at radius 2 is 2.12 bits per heavy atom.